The number of nitrogens with zero attached hydrogens (tertiary/aromatic N) is 2. The maximum absolute atomic E-state index is 12.9. The number of carbonyl (C=O) groups excluding carboxylic acids is 1. The molecule has 0 aromatic heterocycles. The van der Waals surface area contributed by atoms with Crippen molar-refractivity contribution in [1.82, 2.24) is 0 Å². The summed E-state index contributed by atoms with van der Waals surface area (Å²) in [6.07, 6.45) is 0. The summed E-state index contributed by atoms with van der Waals surface area (Å²) in [5.41, 5.74) is 4.05. The molecule has 0 bridgehead atoms. The monoisotopic (exact) mass is 326 g/mol. The summed E-state index contributed by atoms with van der Waals surface area (Å²) in [6.45, 7) is 0.572. The van der Waals surface area contributed by atoms with Crippen LogP contribution in [0.3, 0.4) is 0 Å². The number of carbonyl (C=O) groups is 1. The molecule has 0 spiro atoms. The van der Waals surface area contributed by atoms with E-state index in [9.17, 15) is 4.79 Å². The second-order valence-corrected chi connectivity index (χ2v) is 6.21. The second-order valence-electron chi connectivity index (χ2n) is 6.21. The lowest BCUT2D eigenvalue weighted by atomic mass is 9.88. The molecule has 0 radical (unpaired) electrons. The number of ketones is 1. The summed E-state index contributed by atoms with van der Waals surface area (Å²) in [5, 5.41) is 8.36. The number of hydrogen-bond acceptors (Lipinski definition) is 3. The van der Waals surface area contributed by atoms with E-state index in [0.29, 0.717) is 12.1 Å². The van der Waals surface area contributed by atoms with E-state index in [2.05, 4.69) is 22.4 Å². The standard InChI is InChI=1S/C22H18N2O/c25-22(21-20(15-23-24-21)18-9-5-2-6-10-18)19-13-11-17(12-14-19)16-7-3-1-4-8-16/h1-14,20-21H,15H2/t20-,21+/m1/s1. The quantitative estimate of drug-likeness (QED) is 0.611. The molecule has 0 N–H and O–H groups in total. The Morgan fingerprint density at radius 2 is 1.36 bits per heavy atom. The third-order valence-electron chi connectivity index (χ3n) is 4.64. The average molecular weight is 326 g/mol. The first kappa shape index (κ1) is 15.5. The van der Waals surface area contributed by atoms with Crippen molar-refractivity contribution in [3.63, 3.8) is 0 Å². The zero-order chi connectivity index (χ0) is 17.1. The Balaban J connectivity index is 1.57. The molecule has 0 amide bonds. The minimum absolute atomic E-state index is 0.0301. The Kier molecular flexibility index (Phi) is 4.21. The Morgan fingerprint density at radius 3 is 2.04 bits per heavy atom. The zero-order valence-electron chi connectivity index (χ0n) is 13.7. The third kappa shape index (κ3) is 3.13. The van der Waals surface area contributed by atoms with E-state index < -0.39 is 6.04 Å². The van der Waals surface area contributed by atoms with Gasteiger partial charge in [0.25, 0.3) is 0 Å². The summed E-state index contributed by atoms with van der Waals surface area (Å²) in [4.78, 5) is 12.9. The molecule has 4 rings (SSSR count). The van der Waals surface area contributed by atoms with Crippen molar-refractivity contribution in [3.8, 4) is 11.1 Å². The molecule has 3 aromatic rings. The smallest absolute Gasteiger partial charge is 0.189 e. The molecular formula is C22H18N2O. The molecule has 0 fully saturated rings. The van der Waals surface area contributed by atoms with E-state index in [1.54, 1.807) is 0 Å². The van der Waals surface area contributed by atoms with Gasteiger partial charge in [-0.2, -0.15) is 10.2 Å². The van der Waals surface area contributed by atoms with Crippen LogP contribution >= 0.6 is 0 Å². The van der Waals surface area contributed by atoms with Gasteiger partial charge in [0.1, 0.15) is 6.04 Å². The summed E-state index contributed by atoms with van der Waals surface area (Å²) >= 11 is 0. The SMILES string of the molecule is O=C(c1ccc(-c2ccccc2)cc1)[C@H]1N=NC[C@@H]1c1ccccc1. The Labute approximate surface area is 147 Å². The molecule has 2 atom stereocenters. The van der Waals surface area contributed by atoms with E-state index in [4.69, 9.17) is 0 Å². The normalized spacial score (nSPS) is 19.0. The minimum Gasteiger partial charge on any atom is -0.292 e. The van der Waals surface area contributed by atoms with E-state index in [0.717, 1.165) is 16.7 Å². The lowest BCUT2D eigenvalue weighted by Crippen LogP contribution is -2.24. The van der Waals surface area contributed by atoms with Crippen LogP contribution in [0.15, 0.2) is 95.2 Å². The predicted molar refractivity (Wildman–Crippen MR) is 98.9 cm³/mol. The number of benzene rings is 3. The summed E-state index contributed by atoms with van der Waals surface area (Å²) in [5.74, 6) is 0.0669. The summed E-state index contributed by atoms with van der Waals surface area (Å²) in [6, 6.07) is 27.5. The third-order valence-corrected chi connectivity index (χ3v) is 4.64. The first-order chi connectivity index (χ1) is 12.3. The first-order valence-corrected chi connectivity index (χ1v) is 8.44. The van der Waals surface area contributed by atoms with Crippen LogP contribution in [0.1, 0.15) is 21.8 Å². The van der Waals surface area contributed by atoms with Crippen LogP contribution in [-0.4, -0.2) is 18.4 Å². The van der Waals surface area contributed by atoms with Crippen LogP contribution in [0, 0.1) is 0 Å². The van der Waals surface area contributed by atoms with Gasteiger partial charge < -0.3 is 0 Å². The van der Waals surface area contributed by atoms with Gasteiger partial charge in [-0.3, -0.25) is 4.79 Å². The van der Waals surface area contributed by atoms with Gasteiger partial charge in [0, 0.05) is 11.5 Å². The van der Waals surface area contributed by atoms with Crippen molar-refractivity contribution in [3.05, 3.63) is 96.1 Å². The molecule has 122 valence electrons. The van der Waals surface area contributed by atoms with Crippen LogP contribution < -0.4 is 0 Å². The van der Waals surface area contributed by atoms with Crippen molar-refractivity contribution in [2.75, 3.05) is 6.54 Å². The number of hydrogen-bond donors (Lipinski definition) is 0. The van der Waals surface area contributed by atoms with E-state index in [-0.39, 0.29) is 11.7 Å². The van der Waals surface area contributed by atoms with Crippen molar-refractivity contribution in [1.29, 1.82) is 0 Å². The average Bonchev–Trinajstić information content (AvgIpc) is 3.19. The van der Waals surface area contributed by atoms with Crippen LogP contribution in [0.4, 0.5) is 0 Å². The minimum atomic E-state index is -0.426. The fraction of sp³-hybridized carbons (Fsp3) is 0.136. The lowest BCUT2D eigenvalue weighted by Gasteiger charge is -2.16. The van der Waals surface area contributed by atoms with Gasteiger partial charge in [-0.15, -0.1) is 0 Å². The zero-order valence-corrected chi connectivity index (χ0v) is 13.7. The van der Waals surface area contributed by atoms with Crippen molar-refractivity contribution in [2.24, 2.45) is 10.2 Å². The highest BCUT2D eigenvalue weighted by Gasteiger charge is 2.33. The van der Waals surface area contributed by atoms with Crippen molar-refractivity contribution in [2.45, 2.75) is 12.0 Å². The van der Waals surface area contributed by atoms with Crippen molar-refractivity contribution >= 4 is 5.78 Å². The summed E-state index contributed by atoms with van der Waals surface area (Å²) in [7, 11) is 0. The van der Waals surface area contributed by atoms with Gasteiger partial charge in [-0.05, 0) is 16.7 Å². The predicted octanol–water partition coefficient (Wildman–Crippen LogP) is 5.15. The molecule has 0 aliphatic carbocycles. The Hall–Kier alpha value is -3.07. The fourth-order valence-electron chi connectivity index (χ4n) is 3.25. The van der Waals surface area contributed by atoms with Gasteiger partial charge in [-0.1, -0.05) is 84.9 Å². The van der Waals surface area contributed by atoms with Gasteiger partial charge >= 0.3 is 0 Å². The van der Waals surface area contributed by atoms with Crippen molar-refractivity contribution < 1.29 is 4.79 Å². The number of azo groups is 1. The van der Waals surface area contributed by atoms with Crippen LogP contribution in [0.5, 0.6) is 0 Å². The van der Waals surface area contributed by atoms with E-state index >= 15 is 0 Å². The van der Waals surface area contributed by atoms with Gasteiger partial charge in [0.05, 0.1) is 6.54 Å². The van der Waals surface area contributed by atoms with Crippen LogP contribution in [0.25, 0.3) is 11.1 Å². The Morgan fingerprint density at radius 1 is 0.760 bits per heavy atom. The van der Waals surface area contributed by atoms with E-state index in [1.165, 1.54) is 0 Å². The molecule has 0 unspecified atom stereocenters. The molecule has 3 aromatic carbocycles. The molecule has 1 aliphatic heterocycles. The molecule has 0 saturated carbocycles. The van der Waals surface area contributed by atoms with Crippen LogP contribution in [0.2, 0.25) is 0 Å². The fourth-order valence-corrected chi connectivity index (χ4v) is 3.25. The van der Waals surface area contributed by atoms with Crippen LogP contribution in [-0.2, 0) is 0 Å². The molecular weight excluding hydrogens is 308 g/mol. The molecule has 1 heterocycles. The topological polar surface area (TPSA) is 41.8 Å². The highest BCUT2D eigenvalue weighted by Crippen LogP contribution is 2.30. The highest BCUT2D eigenvalue weighted by atomic mass is 16.1. The molecule has 25 heavy (non-hydrogen) atoms. The lowest BCUT2D eigenvalue weighted by molar-refractivity contribution is 0.0956. The molecule has 1 aliphatic rings. The largest absolute Gasteiger partial charge is 0.292 e. The number of rotatable bonds is 4. The molecule has 3 heteroatoms. The molecule has 0 saturated heterocycles. The number of Topliss-reactive ketones (excluding diaryl/α,β-unsaturated/α-hetero) is 1. The van der Waals surface area contributed by atoms with E-state index in [1.807, 2.05) is 72.8 Å². The van der Waals surface area contributed by atoms with Gasteiger partial charge in [-0.25, -0.2) is 0 Å². The maximum Gasteiger partial charge on any atom is 0.189 e. The van der Waals surface area contributed by atoms with Gasteiger partial charge in [0.15, 0.2) is 5.78 Å². The second kappa shape index (κ2) is 6.81. The molecule has 3 nitrogen and oxygen atoms in total. The Bertz CT molecular complexity index is 886. The van der Waals surface area contributed by atoms with Gasteiger partial charge in [0.2, 0.25) is 0 Å². The maximum atomic E-state index is 12.9. The first-order valence-electron chi connectivity index (χ1n) is 8.44. The highest BCUT2D eigenvalue weighted by molar-refractivity contribution is 6.01. The summed E-state index contributed by atoms with van der Waals surface area (Å²) < 4.78 is 0.